The SMILES string of the molecule is C[C@H](NC(=O)OC(C)(C)C)c1cccc(S(=O)(=O)N(C)C)c1. The number of hydrogen-bond acceptors (Lipinski definition) is 4. The predicted molar refractivity (Wildman–Crippen MR) is 85.1 cm³/mol. The van der Waals surface area contributed by atoms with E-state index in [-0.39, 0.29) is 10.9 Å². The van der Waals surface area contributed by atoms with Gasteiger partial charge in [0, 0.05) is 14.1 Å². The van der Waals surface area contributed by atoms with Crippen LogP contribution in [0.25, 0.3) is 0 Å². The van der Waals surface area contributed by atoms with Crippen molar-refractivity contribution in [1.82, 2.24) is 9.62 Å². The smallest absolute Gasteiger partial charge is 0.408 e. The monoisotopic (exact) mass is 328 g/mol. The molecule has 0 radical (unpaired) electrons. The Morgan fingerprint density at radius 3 is 2.36 bits per heavy atom. The normalized spacial score (nSPS) is 13.8. The third-order valence-corrected chi connectivity index (χ3v) is 4.68. The number of nitrogens with one attached hydrogen (secondary N) is 1. The quantitative estimate of drug-likeness (QED) is 0.921. The fraction of sp³-hybridized carbons (Fsp3) is 0.533. The number of rotatable bonds is 4. The first-order valence-corrected chi connectivity index (χ1v) is 8.39. The summed E-state index contributed by atoms with van der Waals surface area (Å²) in [5.41, 5.74) is 0.105. The molecule has 0 saturated heterocycles. The number of hydrogen-bond donors (Lipinski definition) is 1. The van der Waals surface area contributed by atoms with Gasteiger partial charge in [-0.25, -0.2) is 17.5 Å². The molecule has 1 amide bonds. The lowest BCUT2D eigenvalue weighted by Crippen LogP contribution is -2.34. The molecule has 1 aromatic rings. The van der Waals surface area contributed by atoms with E-state index in [2.05, 4.69) is 5.32 Å². The van der Waals surface area contributed by atoms with Crippen LogP contribution in [-0.4, -0.2) is 38.5 Å². The molecule has 0 aliphatic heterocycles. The zero-order valence-electron chi connectivity index (χ0n) is 13.9. The maximum absolute atomic E-state index is 12.1. The Labute approximate surface area is 132 Å². The summed E-state index contributed by atoms with van der Waals surface area (Å²) in [4.78, 5) is 12.0. The van der Waals surface area contributed by atoms with Gasteiger partial charge in [-0.15, -0.1) is 0 Å². The van der Waals surface area contributed by atoms with Gasteiger partial charge < -0.3 is 10.1 Å². The van der Waals surface area contributed by atoms with Crippen LogP contribution in [0.2, 0.25) is 0 Å². The Morgan fingerprint density at radius 1 is 1.27 bits per heavy atom. The average molecular weight is 328 g/mol. The van der Waals surface area contributed by atoms with Crippen molar-refractivity contribution in [2.75, 3.05) is 14.1 Å². The molecule has 0 unspecified atom stereocenters. The van der Waals surface area contributed by atoms with E-state index in [0.29, 0.717) is 5.56 Å². The second-order valence-corrected chi connectivity index (χ2v) is 8.38. The molecule has 0 bridgehead atoms. The maximum Gasteiger partial charge on any atom is 0.408 e. The van der Waals surface area contributed by atoms with Crippen molar-refractivity contribution in [1.29, 1.82) is 0 Å². The van der Waals surface area contributed by atoms with Crippen molar-refractivity contribution in [3.05, 3.63) is 29.8 Å². The standard InChI is InChI=1S/C15H24N2O4S/c1-11(16-14(18)21-15(2,3)4)12-8-7-9-13(10-12)22(19,20)17(5)6/h7-11H,1-6H3,(H,16,18)/t11-/m0/s1. The summed E-state index contributed by atoms with van der Waals surface area (Å²) in [6.45, 7) is 7.11. The van der Waals surface area contributed by atoms with Crippen molar-refractivity contribution in [2.45, 2.75) is 44.2 Å². The highest BCUT2D eigenvalue weighted by atomic mass is 32.2. The minimum atomic E-state index is -3.50. The van der Waals surface area contributed by atoms with E-state index < -0.39 is 21.7 Å². The number of carbonyl (C=O) groups excluding carboxylic acids is 1. The molecule has 0 heterocycles. The molecule has 0 saturated carbocycles. The zero-order chi connectivity index (χ0) is 17.1. The molecular weight excluding hydrogens is 304 g/mol. The van der Waals surface area contributed by atoms with Crippen LogP contribution >= 0.6 is 0 Å². The van der Waals surface area contributed by atoms with Gasteiger partial charge in [-0.2, -0.15) is 0 Å². The van der Waals surface area contributed by atoms with Crippen molar-refractivity contribution in [2.24, 2.45) is 0 Å². The van der Waals surface area contributed by atoms with Gasteiger partial charge in [-0.3, -0.25) is 0 Å². The largest absolute Gasteiger partial charge is 0.444 e. The summed E-state index contributed by atoms with van der Waals surface area (Å²) in [5, 5.41) is 2.69. The van der Waals surface area contributed by atoms with E-state index in [1.54, 1.807) is 45.9 Å². The highest BCUT2D eigenvalue weighted by Crippen LogP contribution is 2.20. The molecule has 0 spiro atoms. The Kier molecular flexibility index (Phi) is 5.59. The Hall–Kier alpha value is -1.60. The van der Waals surface area contributed by atoms with Gasteiger partial charge in [0.05, 0.1) is 10.9 Å². The number of sulfonamides is 1. The molecule has 1 rings (SSSR count). The van der Waals surface area contributed by atoms with Gasteiger partial charge in [-0.05, 0) is 45.4 Å². The lowest BCUT2D eigenvalue weighted by atomic mass is 10.1. The predicted octanol–water partition coefficient (Wildman–Crippen LogP) is 2.52. The first-order valence-electron chi connectivity index (χ1n) is 6.95. The number of alkyl carbamates (subject to hydrolysis) is 1. The maximum atomic E-state index is 12.1. The minimum absolute atomic E-state index is 0.188. The highest BCUT2D eigenvalue weighted by molar-refractivity contribution is 7.89. The van der Waals surface area contributed by atoms with Crippen LogP contribution in [0.4, 0.5) is 4.79 Å². The average Bonchev–Trinajstić information content (AvgIpc) is 2.36. The molecule has 1 N–H and O–H groups in total. The summed E-state index contributed by atoms with van der Waals surface area (Å²) < 4.78 is 30.6. The van der Waals surface area contributed by atoms with Gasteiger partial charge in [0.2, 0.25) is 10.0 Å². The third-order valence-electron chi connectivity index (χ3n) is 2.87. The van der Waals surface area contributed by atoms with Gasteiger partial charge >= 0.3 is 6.09 Å². The van der Waals surface area contributed by atoms with Gasteiger partial charge in [-0.1, -0.05) is 12.1 Å². The van der Waals surface area contributed by atoms with E-state index in [1.165, 1.54) is 20.2 Å². The molecule has 1 aromatic carbocycles. The van der Waals surface area contributed by atoms with E-state index in [9.17, 15) is 13.2 Å². The van der Waals surface area contributed by atoms with Crippen LogP contribution in [0.1, 0.15) is 39.3 Å². The van der Waals surface area contributed by atoms with E-state index in [1.807, 2.05) is 0 Å². The van der Waals surface area contributed by atoms with E-state index in [4.69, 9.17) is 4.74 Å². The number of carbonyl (C=O) groups is 1. The number of benzene rings is 1. The Bertz CT molecular complexity index is 633. The molecular formula is C15H24N2O4S. The van der Waals surface area contributed by atoms with Crippen LogP contribution in [0, 0.1) is 0 Å². The molecule has 0 aliphatic carbocycles. The van der Waals surface area contributed by atoms with Crippen molar-refractivity contribution >= 4 is 16.1 Å². The number of amides is 1. The molecule has 6 nitrogen and oxygen atoms in total. The van der Waals surface area contributed by atoms with Crippen molar-refractivity contribution in [3.8, 4) is 0 Å². The molecule has 0 fully saturated rings. The van der Waals surface area contributed by atoms with Crippen LogP contribution < -0.4 is 5.32 Å². The highest BCUT2D eigenvalue weighted by Gasteiger charge is 2.21. The molecule has 0 aliphatic rings. The summed E-state index contributed by atoms with van der Waals surface area (Å²) in [5.74, 6) is 0. The van der Waals surface area contributed by atoms with E-state index >= 15 is 0 Å². The fourth-order valence-electron chi connectivity index (χ4n) is 1.72. The molecule has 7 heteroatoms. The fourth-order valence-corrected chi connectivity index (χ4v) is 2.68. The molecule has 0 aromatic heterocycles. The summed E-state index contributed by atoms with van der Waals surface area (Å²) in [6, 6.07) is 6.12. The topological polar surface area (TPSA) is 75.7 Å². The number of ether oxygens (including phenoxy) is 1. The van der Waals surface area contributed by atoms with Crippen LogP contribution in [-0.2, 0) is 14.8 Å². The second kappa shape index (κ2) is 6.66. The lowest BCUT2D eigenvalue weighted by molar-refractivity contribution is 0.0508. The lowest BCUT2D eigenvalue weighted by Gasteiger charge is -2.22. The Balaban J connectivity index is 2.92. The minimum Gasteiger partial charge on any atom is -0.444 e. The summed E-state index contributed by atoms with van der Waals surface area (Å²) in [6.07, 6.45) is -0.541. The third kappa shape index (κ3) is 4.99. The summed E-state index contributed by atoms with van der Waals surface area (Å²) in [7, 11) is -0.548. The first-order chi connectivity index (χ1) is 9.93. The van der Waals surface area contributed by atoms with Crippen molar-refractivity contribution in [3.63, 3.8) is 0 Å². The van der Waals surface area contributed by atoms with E-state index in [0.717, 1.165) is 4.31 Å². The summed E-state index contributed by atoms with van der Waals surface area (Å²) >= 11 is 0. The Morgan fingerprint density at radius 2 is 1.86 bits per heavy atom. The van der Waals surface area contributed by atoms with Crippen LogP contribution in [0.15, 0.2) is 29.2 Å². The van der Waals surface area contributed by atoms with Gasteiger partial charge in [0.15, 0.2) is 0 Å². The van der Waals surface area contributed by atoms with Crippen LogP contribution in [0.5, 0.6) is 0 Å². The number of nitrogens with zero attached hydrogens (tertiary/aromatic N) is 1. The first kappa shape index (κ1) is 18.4. The molecule has 124 valence electrons. The van der Waals surface area contributed by atoms with Crippen LogP contribution in [0.3, 0.4) is 0 Å². The molecule has 1 atom stereocenters. The zero-order valence-corrected chi connectivity index (χ0v) is 14.7. The second-order valence-electron chi connectivity index (χ2n) is 6.23. The van der Waals surface area contributed by atoms with Gasteiger partial charge in [0.25, 0.3) is 0 Å². The van der Waals surface area contributed by atoms with Gasteiger partial charge in [0.1, 0.15) is 5.60 Å². The van der Waals surface area contributed by atoms with Crippen molar-refractivity contribution < 1.29 is 17.9 Å². The molecule has 22 heavy (non-hydrogen) atoms.